The number of fused-ring (bicyclic) bond motifs is 1. The minimum atomic E-state index is 0.0413. The Kier molecular flexibility index (Phi) is 3.03. The fourth-order valence-corrected chi connectivity index (χ4v) is 2.70. The van der Waals surface area contributed by atoms with Crippen molar-refractivity contribution >= 4 is 5.91 Å². The maximum absolute atomic E-state index is 11.5. The Balaban J connectivity index is 1.87. The van der Waals surface area contributed by atoms with E-state index in [0.717, 1.165) is 25.3 Å². The van der Waals surface area contributed by atoms with E-state index in [2.05, 4.69) is 15.6 Å². The van der Waals surface area contributed by atoms with E-state index >= 15 is 0 Å². The molecular formula is C10H18N2O2. The maximum atomic E-state index is 11.5. The first-order chi connectivity index (χ1) is 6.81. The molecule has 1 heterocycles. The molecule has 0 aromatic carbocycles. The van der Waals surface area contributed by atoms with E-state index in [-0.39, 0.29) is 11.8 Å². The molecule has 80 valence electrons. The summed E-state index contributed by atoms with van der Waals surface area (Å²) in [4.78, 5) is 16.2. The van der Waals surface area contributed by atoms with Gasteiger partial charge < -0.3 is 5.32 Å². The molecule has 1 aliphatic carbocycles. The van der Waals surface area contributed by atoms with Gasteiger partial charge in [-0.3, -0.25) is 9.63 Å². The van der Waals surface area contributed by atoms with Crippen molar-refractivity contribution in [2.45, 2.75) is 31.7 Å². The van der Waals surface area contributed by atoms with Gasteiger partial charge in [-0.05, 0) is 38.1 Å². The third-order valence-electron chi connectivity index (χ3n) is 3.49. The van der Waals surface area contributed by atoms with Crippen molar-refractivity contribution in [1.82, 2.24) is 10.8 Å². The van der Waals surface area contributed by atoms with Crippen LogP contribution in [0.1, 0.15) is 25.7 Å². The molecule has 3 atom stereocenters. The summed E-state index contributed by atoms with van der Waals surface area (Å²) in [6.07, 6.45) is 4.45. The van der Waals surface area contributed by atoms with E-state index in [1.54, 1.807) is 0 Å². The third kappa shape index (κ3) is 1.91. The van der Waals surface area contributed by atoms with E-state index in [4.69, 9.17) is 0 Å². The van der Waals surface area contributed by atoms with Crippen molar-refractivity contribution < 1.29 is 9.63 Å². The molecule has 0 aromatic rings. The molecular weight excluding hydrogens is 180 g/mol. The Labute approximate surface area is 84.3 Å². The van der Waals surface area contributed by atoms with E-state index < -0.39 is 0 Å². The van der Waals surface area contributed by atoms with Crippen LogP contribution < -0.4 is 10.8 Å². The van der Waals surface area contributed by atoms with Gasteiger partial charge in [0, 0.05) is 12.0 Å². The van der Waals surface area contributed by atoms with E-state index in [0.29, 0.717) is 6.04 Å². The van der Waals surface area contributed by atoms with Crippen LogP contribution >= 0.6 is 0 Å². The first-order valence-corrected chi connectivity index (χ1v) is 5.37. The van der Waals surface area contributed by atoms with Crippen molar-refractivity contribution in [2.75, 3.05) is 13.7 Å². The summed E-state index contributed by atoms with van der Waals surface area (Å²) >= 11 is 0. The van der Waals surface area contributed by atoms with Crippen LogP contribution in [0.3, 0.4) is 0 Å². The van der Waals surface area contributed by atoms with Gasteiger partial charge in [0.2, 0.25) is 5.91 Å². The average molecular weight is 198 g/mol. The van der Waals surface area contributed by atoms with Gasteiger partial charge in [0.1, 0.15) is 0 Å². The van der Waals surface area contributed by atoms with Crippen LogP contribution in [0.25, 0.3) is 0 Å². The molecule has 4 heteroatoms. The lowest BCUT2D eigenvalue weighted by atomic mass is 9.79. The van der Waals surface area contributed by atoms with Gasteiger partial charge in [0.25, 0.3) is 0 Å². The second-order valence-corrected chi connectivity index (χ2v) is 4.29. The number of carbonyl (C=O) groups is 1. The highest BCUT2D eigenvalue weighted by molar-refractivity contribution is 5.77. The van der Waals surface area contributed by atoms with Gasteiger partial charge in [-0.25, -0.2) is 5.48 Å². The lowest BCUT2D eigenvalue weighted by Gasteiger charge is -2.30. The smallest absolute Gasteiger partial charge is 0.246 e. The predicted octanol–water partition coefficient (Wildman–Crippen LogP) is 0.442. The first kappa shape index (κ1) is 9.93. The zero-order valence-electron chi connectivity index (χ0n) is 8.58. The molecule has 1 saturated carbocycles. The highest BCUT2D eigenvalue weighted by atomic mass is 16.6. The molecule has 0 bridgehead atoms. The molecule has 1 amide bonds. The quantitative estimate of drug-likeness (QED) is 0.633. The first-order valence-electron chi connectivity index (χ1n) is 5.37. The normalized spacial score (nSPS) is 36.5. The zero-order valence-corrected chi connectivity index (χ0v) is 8.58. The molecule has 2 rings (SSSR count). The monoisotopic (exact) mass is 198 g/mol. The zero-order chi connectivity index (χ0) is 9.97. The Morgan fingerprint density at radius 1 is 1.43 bits per heavy atom. The van der Waals surface area contributed by atoms with Gasteiger partial charge >= 0.3 is 0 Å². The van der Waals surface area contributed by atoms with E-state index in [1.165, 1.54) is 20.0 Å². The van der Waals surface area contributed by atoms with Gasteiger partial charge in [0.05, 0.1) is 7.11 Å². The summed E-state index contributed by atoms with van der Waals surface area (Å²) < 4.78 is 0. The molecule has 0 aromatic heterocycles. The number of hydrogen-bond acceptors (Lipinski definition) is 3. The standard InChI is InChI=1S/C10H18N2O2/c1-14-12-10(13)8-3-2-7-4-5-11-9(7)6-8/h7-9,11H,2-6H2,1H3,(H,12,13). The highest BCUT2D eigenvalue weighted by Gasteiger charge is 2.36. The van der Waals surface area contributed by atoms with Gasteiger partial charge in [-0.15, -0.1) is 0 Å². The molecule has 4 nitrogen and oxygen atoms in total. The SMILES string of the molecule is CONC(=O)C1CCC2CCNC2C1. The van der Waals surface area contributed by atoms with Crippen molar-refractivity contribution in [1.29, 1.82) is 0 Å². The highest BCUT2D eigenvalue weighted by Crippen LogP contribution is 2.34. The number of hydrogen-bond donors (Lipinski definition) is 2. The Morgan fingerprint density at radius 3 is 3.07 bits per heavy atom. The second kappa shape index (κ2) is 4.28. The predicted molar refractivity (Wildman–Crippen MR) is 52.4 cm³/mol. The average Bonchev–Trinajstić information content (AvgIpc) is 2.64. The number of carbonyl (C=O) groups excluding carboxylic acids is 1. The van der Waals surface area contributed by atoms with E-state index in [1.807, 2.05) is 0 Å². The molecule has 14 heavy (non-hydrogen) atoms. The van der Waals surface area contributed by atoms with Crippen molar-refractivity contribution in [2.24, 2.45) is 11.8 Å². The minimum absolute atomic E-state index is 0.0413. The molecule has 2 aliphatic rings. The number of hydroxylamine groups is 1. The fraction of sp³-hybridized carbons (Fsp3) is 0.900. The van der Waals surface area contributed by atoms with Gasteiger partial charge in [0.15, 0.2) is 0 Å². The summed E-state index contributed by atoms with van der Waals surface area (Å²) in [6, 6.07) is 0.566. The summed E-state index contributed by atoms with van der Waals surface area (Å²) in [7, 11) is 1.48. The number of nitrogens with one attached hydrogen (secondary N) is 2. The summed E-state index contributed by atoms with van der Waals surface area (Å²) in [6.45, 7) is 1.12. The van der Waals surface area contributed by atoms with Gasteiger partial charge in [-0.1, -0.05) is 0 Å². The summed E-state index contributed by atoms with van der Waals surface area (Å²) in [5.41, 5.74) is 2.43. The van der Waals surface area contributed by atoms with Crippen molar-refractivity contribution in [3.8, 4) is 0 Å². The fourth-order valence-electron chi connectivity index (χ4n) is 2.70. The molecule has 2 N–H and O–H groups in total. The van der Waals surface area contributed by atoms with Crippen LogP contribution in [0.5, 0.6) is 0 Å². The molecule has 3 unspecified atom stereocenters. The minimum Gasteiger partial charge on any atom is -0.314 e. The Bertz CT molecular complexity index is 220. The molecule has 2 fully saturated rings. The van der Waals surface area contributed by atoms with Crippen molar-refractivity contribution in [3.05, 3.63) is 0 Å². The van der Waals surface area contributed by atoms with Crippen LogP contribution in [0.2, 0.25) is 0 Å². The molecule has 1 saturated heterocycles. The van der Waals surface area contributed by atoms with Crippen LogP contribution in [-0.2, 0) is 9.63 Å². The largest absolute Gasteiger partial charge is 0.314 e. The Hall–Kier alpha value is -0.610. The molecule has 0 spiro atoms. The number of amides is 1. The van der Waals surface area contributed by atoms with Crippen LogP contribution in [0, 0.1) is 11.8 Å². The third-order valence-corrected chi connectivity index (χ3v) is 3.49. The van der Waals surface area contributed by atoms with Crippen molar-refractivity contribution in [3.63, 3.8) is 0 Å². The van der Waals surface area contributed by atoms with Gasteiger partial charge in [-0.2, -0.15) is 0 Å². The topological polar surface area (TPSA) is 50.4 Å². The van der Waals surface area contributed by atoms with Crippen LogP contribution in [0.15, 0.2) is 0 Å². The Morgan fingerprint density at radius 2 is 2.29 bits per heavy atom. The van der Waals surface area contributed by atoms with Crippen LogP contribution in [0.4, 0.5) is 0 Å². The molecule has 0 radical (unpaired) electrons. The number of rotatable bonds is 2. The van der Waals surface area contributed by atoms with Crippen LogP contribution in [-0.4, -0.2) is 25.6 Å². The lowest BCUT2D eigenvalue weighted by Crippen LogP contribution is -2.40. The maximum Gasteiger partial charge on any atom is 0.246 e. The summed E-state index contributed by atoms with van der Waals surface area (Å²) in [5.74, 6) is 0.989. The summed E-state index contributed by atoms with van der Waals surface area (Å²) in [5, 5.41) is 3.46. The second-order valence-electron chi connectivity index (χ2n) is 4.29. The van der Waals surface area contributed by atoms with E-state index in [9.17, 15) is 4.79 Å². The lowest BCUT2D eigenvalue weighted by molar-refractivity contribution is -0.137. The molecule has 1 aliphatic heterocycles.